The number of fused-ring (bicyclic) bond motifs is 2. The highest BCUT2D eigenvalue weighted by Gasteiger charge is 2.39. The van der Waals surface area contributed by atoms with Crippen LogP contribution >= 0.6 is 0 Å². The summed E-state index contributed by atoms with van der Waals surface area (Å²) in [5, 5.41) is 12.4. The van der Waals surface area contributed by atoms with Crippen LogP contribution in [0.25, 0.3) is 0 Å². The molecule has 0 saturated heterocycles. The molecule has 0 radical (unpaired) electrons. The Hall–Kier alpha value is -0.570. The van der Waals surface area contributed by atoms with Crippen molar-refractivity contribution in [2.24, 2.45) is 23.7 Å². The van der Waals surface area contributed by atoms with E-state index in [-0.39, 0.29) is 6.04 Å². The topological polar surface area (TPSA) is 49.3 Å². The fourth-order valence-corrected chi connectivity index (χ4v) is 3.66. The summed E-state index contributed by atoms with van der Waals surface area (Å²) in [6, 6.07) is -0.353. The number of carboxylic acids is 1. The van der Waals surface area contributed by atoms with E-state index >= 15 is 0 Å². The summed E-state index contributed by atoms with van der Waals surface area (Å²) < 4.78 is 0. The minimum absolute atomic E-state index is 0.353. The lowest BCUT2D eigenvalue weighted by molar-refractivity contribution is -0.140. The lowest BCUT2D eigenvalue weighted by Crippen LogP contribution is -2.41. The van der Waals surface area contributed by atoms with Gasteiger partial charge >= 0.3 is 5.97 Å². The van der Waals surface area contributed by atoms with E-state index < -0.39 is 5.97 Å². The molecule has 0 amide bonds. The maximum atomic E-state index is 11.1. The Balaban J connectivity index is 1.77. The molecule has 98 valence electrons. The van der Waals surface area contributed by atoms with Crippen LogP contribution in [0, 0.1) is 23.7 Å². The van der Waals surface area contributed by atoms with Crippen molar-refractivity contribution in [1.82, 2.24) is 5.32 Å². The average molecular weight is 239 g/mol. The molecule has 0 aromatic carbocycles. The molecule has 2 saturated carbocycles. The quantitative estimate of drug-likeness (QED) is 0.748. The summed E-state index contributed by atoms with van der Waals surface area (Å²) >= 11 is 0. The lowest BCUT2D eigenvalue weighted by Gasteiger charge is -2.24. The Morgan fingerprint density at radius 1 is 1.35 bits per heavy atom. The van der Waals surface area contributed by atoms with Gasteiger partial charge in [0.15, 0.2) is 0 Å². The Morgan fingerprint density at radius 3 is 2.59 bits per heavy atom. The van der Waals surface area contributed by atoms with E-state index in [9.17, 15) is 4.79 Å². The second-order valence-electron chi connectivity index (χ2n) is 6.36. The molecule has 2 aliphatic carbocycles. The van der Waals surface area contributed by atoms with Gasteiger partial charge in [0.05, 0.1) is 0 Å². The largest absolute Gasteiger partial charge is 0.480 e. The number of nitrogens with one attached hydrogen (secondary N) is 1. The van der Waals surface area contributed by atoms with Crippen LogP contribution < -0.4 is 5.32 Å². The first kappa shape index (κ1) is 12.9. The average Bonchev–Trinajstić information content (AvgIpc) is 2.84. The Kier molecular flexibility index (Phi) is 4.08. The minimum atomic E-state index is -0.693. The van der Waals surface area contributed by atoms with Crippen molar-refractivity contribution in [1.29, 1.82) is 0 Å². The summed E-state index contributed by atoms with van der Waals surface area (Å²) in [5.74, 6) is 2.30. The van der Waals surface area contributed by atoms with Crippen molar-refractivity contribution in [3.05, 3.63) is 0 Å². The standard InChI is InChI=1S/C14H25NO2/c1-9(2)5-13(14(16)17)15-8-12-7-10-3-4-11(12)6-10/h9-13,15H,3-8H2,1-2H3,(H,16,17)/t10?,11?,12?,13-/m1/s1. The third-order valence-corrected chi connectivity index (χ3v) is 4.52. The molecule has 2 fully saturated rings. The molecule has 0 spiro atoms. The van der Waals surface area contributed by atoms with Crippen molar-refractivity contribution in [3.63, 3.8) is 0 Å². The molecule has 2 rings (SSSR count). The van der Waals surface area contributed by atoms with Crippen molar-refractivity contribution in [2.75, 3.05) is 6.54 Å². The molecule has 3 unspecified atom stereocenters. The lowest BCUT2D eigenvalue weighted by atomic mass is 9.88. The molecule has 4 atom stereocenters. The number of aliphatic carboxylic acids is 1. The Morgan fingerprint density at radius 2 is 2.12 bits per heavy atom. The fraction of sp³-hybridized carbons (Fsp3) is 0.929. The zero-order valence-electron chi connectivity index (χ0n) is 11.0. The van der Waals surface area contributed by atoms with Crippen molar-refractivity contribution in [3.8, 4) is 0 Å². The van der Waals surface area contributed by atoms with Crippen LogP contribution in [0.4, 0.5) is 0 Å². The van der Waals surface area contributed by atoms with Gasteiger partial charge in [0, 0.05) is 0 Å². The van der Waals surface area contributed by atoms with E-state index in [2.05, 4.69) is 19.2 Å². The van der Waals surface area contributed by atoms with Crippen LogP contribution in [0.5, 0.6) is 0 Å². The van der Waals surface area contributed by atoms with Crippen molar-refractivity contribution in [2.45, 2.75) is 52.0 Å². The van der Waals surface area contributed by atoms with E-state index in [0.717, 1.165) is 30.7 Å². The van der Waals surface area contributed by atoms with E-state index in [1.165, 1.54) is 25.7 Å². The normalized spacial score (nSPS) is 33.2. The molecule has 0 heterocycles. The van der Waals surface area contributed by atoms with Crippen molar-refractivity contribution < 1.29 is 9.90 Å². The fourth-order valence-electron chi connectivity index (χ4n) is 3.66. The monoisotopic (exact) mass is 239 g/mol. The molecule has 2 bridgehead atoms. The molecule has 2 aliphatic rings. The number of carbonyl (C=O) groups is 1. The highest BCUT2D eigenvalue weighted by atomic mass is 16.4. The molecule has 3 heteroatoms. The van der Waals surface area contributed by atoms with E-state index in [1.807, 2.05) is 0 Å². The number of hydrogen-bond acceptors (Lipinski definition) is 2. The minimum Gasteiger partial charge on any atom is -0.480 e. The summed E-state index contributed by atoms with van der Waals surface area (Å²) in [6.45, 7) is 5.06. The number of hydrogen-bond donors (Lipinski definition) is 2. The number of carboxylic acid groups (broad SMARTS) is 1. The zero-order chi connectivity index (χ0) is 12.4. The predicted octanol–water partition coefficient (Wildman–Crippen LogP) is 2.51. The second-order valence-corrected chi connectivity index (χ2v) is 6.36. The first-order valence-electron chi connectivity index (χ1n) is 7.02. The Bertz CT molecular complexity index is 277. The molecule has 0 aliphatic heterocycles. The highest BCUT2D eigenvalue weighted by Crippen LogP contribution is 2.47. The van der Waals surface area contributed by atoms with Gasteiger partial charge in [0.1, 0.15) is 6.04 Å². The van der Waals surface area contributed by atoms with E-state index in [0.29, 0.717) is 5.92 Å². The van der Waals surface area contributed by atoms with Crippen LogP contribution in [-0.4, -0.2) is 23.7 Å². The first-order valence-corrected chi connectivity index (χ1v) is 7.02. The van der Waals surface area contributed by atoms with Gasteiger partial charge < -0.3 is 10.4 Å². The van der Waals surface area contributed by atoms with Crippen LogP contribution in [-0.2, 0) is 4.79 Å². The zero-order valence-corrected chi connectivity index (χ0v) is 11.0. The molecule has 17 heavy (non-hydrogen) atoms. The third-order valence-electron chi connectivity index (χ3n) is 4.52. The molecule has 0 aromatic heterocycles. The van der Waals surface area contributed by atoms with Gasteiger partial charge in [-0.1, -0.05) is 20.3 Å². The second kappa shape index (κ2) is 5.38. The van der Waals surface area contributed by atoms with Gasteiger partial charge in [-0.2, -0.15) is 0 Å². The SMILES string of the molecule is CC(C)C[C@@H](NCC1CC2CCC1C2)C(=O)O. The summed E-state index contributed by atoms with van der Waals surface area (Å²) in [6.07, 6.45) is 6.24. The highest BCUT2D eigenvalue weighted by molar-refractivity contribution is 5.73. The van der Waals surface area contributed by atoms with Crippen LogP contribution in [0.1, 0.15) is 46.0 Å². The van der Waals surface area contributed by atoms with Gasteiger partial charge in [-0.3, -0.25) is 4.79 Å². The summed E-state index contributed by atoms with van der Waals surface area (Å²) in [4.78, 5) is 11.1. The molecule has 0 aromatic rings. The van der Waals surface area contributed by atoms with E-state index in [4.69, 9.17) is 5.11 Å². The van der Waals surface area contributed by atoms with Gasteiger partial charge in [0.2, 0.25) is 0 Å². The molecular weight excluding hydrogens is 214 g/mol. The maximum Gasteiger partial charge on any atom is 0.320 e. The van der Waals surface area contributed by atoms with Gasteiger partial charge in [-0.15, -0.1) is 0 Å². The predicted molar refractivity (Wildman–Crippen MR) is 67.8 cm³/mol. The van der Waals surface area contributed by atoms with Crippen molar-refractivity contribution >= 4 is 5.97 Å². The molecule has 2 N–H and O–H groups in total. The van der Waals surface area contributed by atoms with Gasteiger partial charge in [0.25, 0.3) is 0 Å². The summed E-state index contributed by atoms with van der Waals surface area (Å²) in [7, 11) is 0. The van der Waals surface area contributed by atoms with Gasteiger partial charge in [-0.05, 0) is 55.9 Å². The Labute approximate surface area is 104 Å². The number of rotatable bonds is 6. The van der Waals surface area contributed by atoms with E-state index in [1.54, 1.807) is 0 Å². The molecule has 3 nitrogen and oxygen atoms in total. The third kappa shape index (κ3) is 3.21. The first-order chi connectivity index (χ1) is 8.06. The van der Waals surface area contributed by atoms with Gasteiger partial charge in [-0.25, -0.2) is 0 Å². The van der Waals surface area contributed by atoms with Crippen LogP contribution in [0.3, 0.4) is 0 Å². The maximum absolute atomic E-state index is 11.1. The van der Waals surface area contributed by atoms with Crippen LogP contribution in [0.2, 0.25) is 0 Å². The smallest absolute Gasteiger partial charge is 0.320 e. The van der Waals surface area contributed by atoms with Crippen LogP contribution in [0.15, 0.2) is 0 Å². The summed E-state index contributed by atoms with van der Waals surface area (Å²) in [5.41, 5.74) is 0. The molecular formula is C14H25NO2.